The van der Waals surface area contributed by atoms with E-state index in [1.165, 1.54) is 12.8 Å². The second kappa shape index (κ2) is 6.06. The molecule has 5 rings (SSSR count). The third-order valence-electron chi connectivity index (χ3n) is 5.01. The molecule has 1 aliphatic carbocycles. The zero-order valence-corrected chi connectivity index (χ0v) is 14.9. The second-order valence-corrected chi connectivity index (χ2v) is 6.95. The summed E-state index contributed by atoms with van der Waals surface area (Å²) in [5.41, 5.74) is 3.34. The molecule has 27 heavy (non-hydrogen) atoms. The quantitative estimate of drug-likeness (QED) is 0.514. The summed E-state index contributed by atoms with van der Waals surface area (Å²) >= 11 is 0. The molecule has 1 fully saturated rings. The molecule has 0 spiro atoms. The molecule has 1 aliphatic rings. The van der Waals surface area contributed by atoms with Gasteiger partial charge in [-0.1, -0.05) is 0 Å². The van der Waals surface area contributed by atoms with Crippen LogP contribution in [0.1, 0.15) is 18.9 Å². The van der Waals surface area contributed by atoms with Crippen LogP contribution in [0.15, 0.2) is 43.1 Å². The van der Waals surface area contributed by atoms with Gasteiger partial charge in [-0.05, 0) is 24.8 Å². The fourth-order valence-corrected chi connectivity index (χ4v) is 3.47. The van der Waals surface area contributed by atoms with Gasteiger partial charge in [-0.15, -0.1) is 0 Å². The minimum atomic E-state index is 0.149. The van der Waals surface area contributed by atoms with E-state index in [0.29, 0.717) is 12.5 Å². The summed E-state index contributed by atoms with van der Waals surface area (Å²) in [6.45, 7) is 7.71. The maximum absolute atomic E-state index is 7.24. The Morgan fingerprint density at radius 1 is 1.30 bits per heavy atom. The Labute approximate surface area is 155 Å². The fourth-order valence-electron chi connectivity index (χ4n) is 3.47. The summed E-state index contributed by atoms with van der Waals surface area (Å²) in [4.78, 5) is 12.9. The van der Waals surface area contributed by atoms with E-state index in [4.69, 9.17) is 16.7 Å². The molecular formula is C19H18N8. The Hall–Kier alpha value is -3.47. The van der Waals surface area contributed by atoms with Crippen molar-refractivity contribution in [2.24, 2.45) is 13.0 Å². The molecule has 0 saturated heterocycles. The average Bonchev–Trinajstić information content (AvgIpc) is 3.07. The highest BCUT2D eigenvalue weighted by molar-refractivity contribution is 5.67. The lowest BCUT2D eigenvalue weighted by Gasteiger charge is -2.10. The molecular weight excluding hydrogens is 340 g/mol. The van der Waals surface area contributed by atoms with Crippen LogP contribution in [0, 0.1) is 12.5 Å². The maximum atomic E-state index is 7.24. The smallest absolute Gasteiger partial charge is 0.237 e. The number of aryl methyl sites for hydroxylation is 1. The zero-order valence-electron chi connectivity index (χ0n) is 14.9. The van der Waals surface area contributed by atoms with Crippen molar-refractivity contribution in [2.45, 2.75) is 18.9 Å². The monoisotopic (exact) mass is 358 g/mol. The van der Waals surface area contributed by atoms with E-state index in [0.717, 1.165) is 28.4 Å². The predicted octanol–water partition coefficient (Wildman–Crippen LogP) is 2.86. The van der Waals surface area contributed by atoms with Crippen LogP contribution in [-0.4, -0.2) is 40.5 Å². The lowest BCUT2D eigenvalue weighted by atomic mass is 10.2. The summed E-state index contributed by atoms with van der Waals surface area (Å²) < 4.78 is 5.63. The first-order chi connectivity index (χ1) is 13.2. The van der Waals surface area contributed by atoms with E-state index in [1.807, 2.05) is 46.9 Å². The van der Waals surface area contributed by atoms with Crippen LogP contribution in [-0.2, 0) is 7.05 Å². The fraction of sp³-hybridized carbons (Fsp3) is 0.316. The van der Waals surface area contributed by atoms with Crippen LogP contribution in [0.25, 0.3) is 33.3 Å². The largest absolute Gasteiger partial charge is 0.315 e. The van der Waals surface area contributed by atoms with Crippen molar-refractivity contribution in [3.05, 3.63) is 54.5 Å². The lowest BCUT2D eigenvalue weighted by molar-refractivity contribution is 0.432. The normalized spacial score (nSPS) is 15.1. The SMILES string of the molecule is [C-]#[N+]CC(C1CC1)n1ccc(-c2nc(-c3cnn(C)c3)cc3nccn23)n1. The van der Waals surface area contributed by atoms with Crippen LogP contribution in [0.2, 0.25) is 0 Å². The maximum Gasteiger partial charge on any atom is 0.237 e. The average molecular weight is 358 g/mol. The molecule has 0 aliphatic heterocycles. The highest BCUT2D eigenvalue weighted by Crippen LogP contribution is 2.40. The number of fused-ring (bicyclic) bond motifs is 1. The van der Waals surface area contributed by atoms with Crippen LogP contribution in [0.3, 0.4) is 0 Å². The third-order valence-corrected chi connectivity index (χ3v) is 5.01. The van der Waals surface area contributed by atoms with Crippen molar-refractivity contribution < 1.29 is 0 Å². The van der Waals surface area contributed by atoms with E-state index >= 15 is 0 Å². The van der Waals surface area contributed by atoms with Gasteiger partial charge in [0.2, 0.25) is 6.54 Å². The van der Waals surface area contributed by atoms with Gasteiger partial charge in [0.15, 0.2) is 5.82 Å². The Morgan fingerprint density at radius 2 is 2.19 bits per heavy atom. The minimum Gasteiger partial charge on any atom is -0.315 e. The Balaban J connectivity index is 1.60. The molecule has 0 N–H and O–H groups in total. The number of aromatic nitrogens is 7. The topological polar surface area (TPSA) is 70.2 Å². The van der Waals surface area contributed by atoms with Crippen molar-refractivity contribution >= 4 is 5.65 Å². The molecule has 1 atom stereocenters. The first-order valence-corrected chi connectivity index (χ1v) is 8.95. The van der Waals surface area contributed by atoms with E-state index in [2.05, 4.69) is 14.9 Å². The molecule has 8 heteroatoms. The summed E-state index contributed by atoms with van der Waals surface area (Å²) in [6.07, 6.45) is 11.7. The van der Waals surface area contributed by atoms with Crippen molar-refractivity contribution in [3.63, 3.8) is 0 Å². The van der Waals surface area contributed by atoms with Gasteiger partial charge < -0.3 is 4.85 Å². The first kappa shape index (κ1) is 15.8. The number of imidazole rings is 1. The third kappa shape index (κ3) is 2.77. The Kier molecular flexibility index (Phi) is 3.53. The van der Waals surface area contributed by atoms with Crippen molar-refractivity contribution in [2.75, 3.05) is 6.54 Å². The van der Waals surface area contributed by atoms with Gasteiger partial charge in [0.05, 0.1) is 11.9 Å². The van der Waals surface area contributed by atoms with Crippen molar-refractivity contribution in [1.29, 1.82) is 0 Å². The van der Waals surface area contributed by atoms with Gasteiger partial charge in [0.1, 0.15) is 17.4 Å². The molecule has 4 heterocycles. The molecule has 8 nitrogen and oxygen atoms in total. The standard InChI is InChI=1S/C19H18N8/c1-20-11-17(13-3-4-13)27-7-5-15(24-27)19-23-16(14-10-22-25(2)12-14)9-18-21-6-8-26(18)19/h5-10,12-13,17H,3-4,11H2,2H3. The molecule has 4 aromatic heterocycles. The molecule has 0 radical (unpaired) electrons. The summed E-state index contributed by atoms with van der Waals surface area (Å²) in [7, 11) is 1.88. The number of hydrogen-bond acceptors (Lipinski definition) is 4. The van der Waals surface area contributed by atoms with Gasteiger partial charge in [-0.25, -0.2) is 16.5 Å². The molecule has 0 amide bonds. The second-order valence-electron chi connectivity index (χ2n) is 6.95. The van der Waals surface area contributed by atoms with E-state index in [1.54, 1.807) is 17.1 Å². The molecule has 134 valence electrons. The molecule has 4 aromatic rings. The van der Waals surface area contributed by atoms with Crippen LogP contribution in [0.4, 0.5) is 0 Å². The van der Waals surface area contributed by atoms with Crippen LogP contribution < -0.4 is 0 Å². The van der Waals surface area contributed by atoms with Crippen molar-refractivity contribution in [1.82, 2.24) is 33.9 Å². The highest BCUT2D eigenvalue weighted by Gasteiger charge is 2.35. The van der Waals surface area contributed by atoms with Gasteiger partial charge in [-0.2, -0.15) is 10.2 Å². The zero-order chi connectivity index (χ0) is 18.4. The van der Waals surface area contributed by atoms with E-state index in [-0.39, 0.29) is 6.04 Å². The van der Waals surface area contributed by atoms with Gasteiger partial charge in [-0.3, -0.25) is 13.8 Å². The summed E-state index contributed by atoms with van der Waals surface area (Å²) in [5, 5.41) is 9.01. The lowest BCUT2D eigenvalue weighted by Crippen LogP contribution is -2.14. The van der Waals surface area contributed by atoms with Crippen LogP contribution >= 0.6 is 0 Å². The van der Waals surface area contributed by atoms with E-state index in [9.17, 15) is 0 Å². The van der Waals surface area contributed by atoms with Gasteiger partial charge in [0.25, 0.3) is 0 Å². The molecule has 1 saturated carbocycles. The Morgan fingerprint density at radius 3 is 2.93 bits per heavy atom. The highest BCUT2D eigenvalue weighted by atomic mass is 15.3. The minimum absolute atomic E-state index is 0.149. The summed E-state index contributed by atoms with van der Waals surface area (Å²) in [6, 6.07) is 4.06. The Bertz CT molecular complexity index is 1150. The molecule has 0 bridgehead atoms. The molecule has 0 aromatic carbocycles. The summed E-state index contributed by atoms with van der Waals surface area (Å²) in [5.74, 6) is 1.30. The number of nitrogens with zero attached hydrogens (tertiary/aromatic N) is 8. The van der Waals surface area contributed by atoms with Crippen molar-refractivity contribution in [3.8, 4) is 22.8 Å². The van der Waals surface area contributed by atoms with Gasteiger partial charge in [0, 0.05) is 43.5 Å². The first-order valence-electron chi connectivity index (χ1n) is 8.95. The predicted molar refractivity (Wildman–Crippen MR) is 99.6 cm³/mol. The van der Waals surface area contributed by atoms with E-state index < -0.39 is 0 Å². The molecule has 1 unspecified atom stereocenters. The van der Waals surface area contributed by atoms with Gasteiger partial charge >= 0.3 is 0 Å². The van der Waals surface area contributed by atoms with Crippen LogP contribution in [0.5, 0.6) is 0 Å². The number of hydrogen-bond donors (Lipinski definition) is 0. The number of rotatable bonds is 5.